The lowest BCUT2D eigenvalue weighted by Gasteiger charge is -2.20. The highest BCUT2D eigenvalue weighted by molar-refractivity contribution is 5.95. The first-order chi connectivity index (χ1) is 8.25. The van der Waals surface area contributed by atoms with Crippen LogP contribution in [-0.4, -0.2) is 22.7 Å². The summed E-state index contributed by atoms with van der Waals surface area (Å²) in [4.78, 5) is 11.5. The summed E-state index contributed by atoms with van der Waals surface area (Å²) in [6.45, 7) is 0. The maximum Gasteiger partial charge on any atom is 0.411 e. The highest BCUT2D eigenvalue weighted by Gasteiger charge is 2.64. The molecular weight excluding hydrogens is 254 g/mol. The monoisotopic (exact) mass is 263 g/mol. The Labute approximate surface area is 99.4 Å². The maximum atomic E-state index is 13.3. The predicted molar refractivity (Wildman–Crippen MR) is 53.6 cm³/mol. The minimum atomic E-state index is -4.55. The maximum absolute atomic E-state index is 13.3. The van der Waals surface area contributed by atoms with Gasteiger partial charge >= 0.3 is 6.18 Å². The van der Waals surface area contributed by atoms with E-state index in [0.717, 1.165) is 12.1 Å². The average molecular weight is 263 g/mol. The Hall–Kier alpha value is -1.79. The van der Waals surface area contributed by atoms with Crippen molar-refractivity contribution in [3.63, 3.8) is 0 Å². The predicted octanol–water partition coefficient (Wildman–Crippen LogP) is 2.36. The highest BCUT2D eigenvalue weighted by Crippen LogP contribution is 2.49. The smallest absolute Gasteiger partial charge is 0.411 e. The zero-order chi connectivity index (χ0) is 13.6. The van der Waals surface area contributed by atoms with E-state index in [-0.39, 0.29) is 12.8 Å². The van der Waals surface area contributed by atoms with Gasteiger partial charge in [-0.05, 0) is 25.0 Å². The van der Waals surface area contributed by atoms with E-state index in [2.05, 4.69) is 0 Å². The molecule has 0 unspecified atom stereocenters. The third-order valence-corrected chi connectivity index (χ3v) is 2.84. The van der Waals surface area contributed by atoms with Gasteiger partial charge in [-0.25, -0.2) is 4.39 Å². The first-order valence-corrected chi connectivity index (χ1v) is 5.13. The van der Waals surface area contributed by atoms with Gasteiger partial charge < -0.3 is 10.4 Å². The van der Waals surface area contributed by atoms with E-state index in [1.165, 1.54) is 0 Å². The van der Waals surface area contributed by atoms with Crippen LogP contribution >= 0.6 is 0 Å². The van der Waals surface area contributed by atoms with Crippen molar-refractivity contribution >= 4 is 5.91 Å². The first kappa shape index (κ1) is 12.7. The molecule has 1 amide bonds. The molecule has 98 valence electrons. The molecule has 0 radical (unpaired) electrons. The number of amides is 1. The van der Waals surface area contributed by atoms with Crippen molar-refractivity contribution in [1.82, 2.24) is 5.32 Å². The largest absolute Gasteiger partial charge is 0.508 e. The van der Waals surface area contributed by atoms with Gasteiger partial charge in [-0.2, -0.15) is 13.2 Å². The number of phenols is 1. The van der Waals surface area contributed by atoms with Crippen molar-refractivity contribution in [2.75, 3.05) is 0 Å². The lowest BCUT2D eigenvalue weighted by atomic mass is 10.1. The molecule has 0 saturated heterocycles. The Morgan fingerprint density at radius 2 is 1.94 bits per heavy atom. The molecule has 1 aliphatic carbocycles. The molecule has 0 aliphatic heterocycles. The molecule has 3 nitrogen and oxygen atoms in total. The Bertz CT molecular complexity index is 494. The van der Waals surface area contributed by atoms with Gasteiger partial charge in [0.05, 0.1) is 5.56 Å². The zero-order valence-corrected chi connectivity index (χ0v) is 9.01. The molecule has 1 saturated carbocycles. The molecule has 0 bridgehead atoms. The van der Waals surface area contributed by atoms with E-state index < -0.39 is 34.8 Å². The lowest BCUT2D eigenvalue weighted by Crippen LogP contribution is -2.48. The number of hydrogen-bond acceptors (Lipinski definition) is 2. The van der Waals surface area contributed by atoms with E-state index in [9.17, 15) is 22.4 Å². The molecule has 1 aliphatic rings. The number of carbonyl (C=O) groups is 1. The lowest BCUT2D eigenvalue weighted by molar-refractivity contribution is -0.163. The van der Waals surface area contributed by atoms with Crippen LogP contribution in [0.1, 0.15) is 23.2 Å². The normalized spacial score (nSPS) is 17.3. The minimum Gasteiger partial charge on any atom is -0.508 e. The quantitative estimate of drug-likeness (QED) is 0.805. The van der Waals surface area contributed by atoms with Gasteiger partial charge in [0, 0.05) is 6.07 Å². The van der Waals surface area contributed by atoms with Crippen molar-refractivity contribution in [2.45, 2.75) is 24.6 Å². The van der Waals surface area contributed by atoms with E-state index in [4.69, 9.17) is 5.11 Å². The molecule has 1 aromatic carbocycles. The van der Waals surface area contributed by atoms with Crippen LogP contribution in [0.15, 0.2) is 18.2 Å². The van der Waals surface area contributed by atoms with Gasteiger partial charge in [0.2, 0.25) is 0 Å². The van der Waals surface area contributed by atoms with Crippen molar-refractivity contribution < 1.29 is 27.5 Å². The fraction of sp³-hybridized carbons (Fsp3) is 0.364. The summed E-state index contributed by atoms with van der Waals surface area (Å²) in [5.41, 5.74) is -2.75. The average Bonchev–Trinajstić information content (AvgIpc) is 2.97. The summed E-state index contributed by atoms with van der Waals surface area (Å²) in [5, 5.41) is 10.7. The standard InChI is InChI=1S/C11H9F4NO2/c12-8-5-6(17)1-2-7(8)9(18)16-10(3-4-10)11(13,14)15/h1-2,5,17H,3-4H2,(H,16,18). The molecule has 0 heterocycles. The van der Waals surface area contributed by atoms with Crippen LogP contribution in [-0.2, 0) is 0 Å². The molecule has 1 fully saturated rings. The fourth-order valence-corrected chi connectivity index (χ4v) is 1.58. The van der Waals surface area contributed by atoms with E-state index in [1.54, 1.807) is 5.32 Å². The molecule has 18 heavy (non-hydrogen) atoms. The van der Waals surface area contributed by atoms with Crippen LogP contribution < -0.4 is 5.32 Å². The first-order valence-electron chi connectivity index (χ1n) is 5.13. The number of carbonyl (C=O) groups excluding carboxylic acids is 1. The number of hydrogen-bond donors (Lipinski definition) is 2. The second-order valence-electron chi connectivity index (χ2n) is 4.20. The number of alkyl halides is 3. The Balaban J connectivity index is 2.19. The van der Waals surface area contributed by atoms with Crippen LogP contribution in [0.25, 0.3) is 0 Å². The number of rotatable bonds is 2. The molecule has 2 rings (SSSR count). The minimum absolute atomic E-state index is 0.206. The van der Waals surface area contributed by atoms with Crippen LogP contribution in [0, 0.1) is 5.82 Å². The SMILES string of the molecule is O=C(NC1(C(F)(F)F)CC1)c1ccc(O)cc1F. The van der Waals surface area contributed by atoms with Crippen LogP contribution in [0.2, 0.25) is 0 Å². The highest BCUT2D eigenvalue weighted by atomic mass is 19.4. The van der Waals surface area contributed by atoms with Gasteiger partial charge in [-0.15, -0.1) is 0 Å². The molecule has 0 aromatic heterocycles. The zero-order valence-electron chi connectivity index (χ0n) is 9.01. The number of aromatic hydroxyl groups is 1. The van der Waals surface area contributed by atoms with Crippen LogP contribution in [0.5, 0.6) is 5.75 Å². The second kappa shape index (κ2) is 3.86. The van der Waals surface area contributed by atoms with Gasteiger partial charge in [-0.1, -0.05) is 0 Å². The van der Waals surface area contributed by atoms with Crippen LogP contribution in [0.3, 0.4) is 0 Å². The van der Waals surface area contributed by atoms with E-state index >= 15 is 0 Å². The Kier molecular flexibility index (Phi) is 2.71. The fourth-order valence-electron chi connectivity index (χ4n) is 1.58. The molecule has 1 aromatic rings. The topological polar surface area (TPSA) is 49.3 Å². The second-order valence-corrected chi connectivity index (χ2v) is 4.20. The van der Waals surface area contributed by atoms with Crippen molar-refractivity contribution in [3.05, 3.63) is 29.6 Å². The summed E-state index contributed by atoms with van der Waals surface area (Å²) in [6.07, 6.45) is -4.96. The third-order valence-electron chi connectivity index (χ3n) is 2.84. The van der Waals surface area contributed by atoms with Gasteiger partial charge in [0.1, 0.15) is 17.1 Å². The van der Waals surface area contributed by atoms with Gasteiger partial charge in [0.15, 0.2) is 0 Å². The Morgan fingerprint density at radius 1 is 1.33 bits per heavy atom. The van der Waals surface area contributed by atoms with Crippen molar-refractivity contribution in [2.24, 2.45) is 0 Å². The summed E-state index contributed by atoms with van der Waals surface area (Å²) >= 11 is 0. The number of nitrogens with one attached hydrogen (secondary N) is 1. The van der Waals surface area contributed by atoms with E-state index in [1.807, 2.05) is 0 Å². The summed E-state index contributed by atoms with van der Waals surface area (Å²) in [5.74, 6) is -2.60. The number of benzene rings is 1. The summed E-state index contributed by atoms with van der Waals surface area (Å²) in [6, 6.07) is 2.64. The molecule has 0 atom stereocenters. The van der Waals surface area contributed by atoms with Gasteiger partial charge in [-0.3, -0.25) is 4.79 Å². The van der Waals surface area contributed by atoms with Gasteiger partial charge in [0.25, 0.3) is 5.91 Å². The molecule has 7 heteroatoms. The number of phenolic OH excluding ortho intramolecular Hbond substituents is 1. The Morgan fingerprint density at radius 3 is 2.39 bits per heavy atom. The summed E-state index contributed by atoms with van der Waals surface area (Å²) in [7, 11) is 0. The van der Waals surface area contributed by atoms with Crippen molar-refractivity contribution in [1.29, 1.82) is 0 Å². The molecule has 0 spiro atoms. The van der Waals surface area contributed by atoms with Crippen molar-refractivity contribution in [3.8, 4) is 5.75 Å². The summed E-state index contributed by atoms with van der Waals surface area (Å²) < 4.78 is 51.1. The number of halogens is 4. The van der Waals surface area contributed by atoms with Crippen LogP contribution in [0.4, 0.5) is 17.6 Å². The molecule has 2 N–H and O–H groups in total. The molecular formula is C11H9F4NO2. The van der Waals surface area contributed by atoms with E-state index in [0.29, 0.717) is 6.07 Å². The third kappa shape index (κ3) is 2.12.